The standard InChI is InChI=1S/C18H24N4O2/c1-13-17-19-15(11-16(23)20-7-2-3-8-20)12-21(17)9-10-22(13)18(24)14-5-4-6-14/h2-3,12-14H,4-11H2,1H3/t13-/m1/s1. The molecule has 0 unspecified atom stereocenters. The Bertz CT molecular complexity index is 681. The molecule has 0 N–H and O–H groups in total. The van der Waals surface area contributed by atoms with Crippen LogP contribution in [-0.2, 0) is 22.6 Å². The number of imidazole rings is 1. The van der Waals surface area contributed by atoms with Gasteiger partial charge in [0.2, 0.25) is 11.8 Å². The fourth-order valence-corrected chi connectivity index (χ4v) is 3.77. The second-order valence-corrected chi connectivity index (χ2v) is 7.07. The highest BCUT2D eigenvalue weighted by Gasteiger charge is 2.35. The quantitative estimate of drug-likeness (QED) is 0.791. The smallest absolute Gasteiger partial charge is 0.229 e. The second kappa shape index (κ2) is 6.07. The molecule has 4 rings (SSSR count). The van der Waals surface area contributed by atoms with E-state index >= 15 is 0 Å². The topological polar surface area (TPSA) is 58.4 Å². The van der Waals surface area contributed by atoms with E-state index in [4.69, 9.17) is 0 Å². The molecule has 1 saturated carbocycles. The maximum atomic E-state index is 12.6. The Kier molecular flexibility index (Phi) is 3.90. The van der Waals surface area contributed by atoms with Crippen molar-refractivity contribution in [1.29, 1.82) is 0 Å². The Balaban J connectivity index is 1.46. The number of carbonyl (C=O) groups is 2. The molecule has 0 spiro atoms. The molecule has 2 aliphatic heterocycles. The average molecular weight is 328 g/mol. The van der Waals surface area contributed by atoms with E-state index in [1.54, 1.807) is 0 Å². The molecule has 1 atom stereocenters. The van der Waals surface area contributed by atoms with Crippen LogP contribution in [0.5, 0.6) is 0 Å². The molecule has 2 amide bonds. The minimum atomic E-state index is -0.0100. The van der Waals surface area contributed by atoms with E-state index in [0.717, 1.165) is 37.4 Å². The first-order valence-electron chi connectivity index (χ1n) is 8.92. The van der Waals surface area contributed by atoms with Gasteiger partial charge in [-0.1, -0.05) is 18.6 Å². The zero-order chi connectivity index (χ0) is 16.7. The van der Waals surface area contributed by atoms with E-state index in [2.05, 4.69) is 9.55 Å². The van der Waals surface area contributed by atoms with Crippen molar-refractivity contribution < 1.29 is 9.59 Å². The summed E-state index contributed by atoms with van der Waals surface area (Å²) in [7, 11) is 0. The third-order valence-corrected chi connectivity index (χ3v) is 5.52. The first-order chi connectivity index (χ1) is 11.6. The van der Waals surface area contributed by atoms with Crippen LogP contribution in [0.25, 0.3) is 0 Å². The Labute approximate surface area is 142 Å². The molecule has 1 aromatic rings. The molecule has 6 nitrogen and oxygen atoms in total. The van der Waals surface area contributed by atoms with E-state index < -0.39 is 0 Å². The van der Waals surface area contributed by atoms with Crippen molar-refractivity contribution in [2.24, 2.45) is 5.92 Å². The summed E-state index contributed by atoms with van der Waals surface area (Å²) < 4.78 is 2.11. The highest BCUT2D eigenvalue weighted by atomic mass is 16.2. The molecule has 128 valence electrons. The van der Waals surface area contributed by atoms with Crippen LogP contribution in [0.3, 0.4) is 0 Å². The lowest BCUT2D eigenvalue weighted by molar-refractivity contribution is -0.141. The fraction of sp³-hybridized carbons (Fsp3) is 0.611. The van der Waals surface area contributed by atoms with Gasteiger partial charge in [0, 0.05) is 38.3 Å². The van der Waals surface area contributed by atoms with Crippen LogP contribution in [0, 0.1) is 5.92 Å². The zero-order valence-electron chi connectivity index (χ0n) is 14.1. The Hall–Kier alpha value is -2.11. The Morgan fingerprint density at radius 2 is 1.96 bits per heavy atom. The van der Waals surface area contributed by atoms with Crippen molar-refractivity contribution >= 4 is 11.8 Å². The van der Waals surface area contributed by atoms with Crippen molar-refractivity contribution in [2.45, 2.75) is 45.2 Å². The van der Waals surface area contributed by atoms with Gasteiger partial charge in [0.25, 0.3) is 0 Å². The van der Waals surface area contributed by atoms with Gasteiger partial charge < -0.3 is 14.4 Å². The first-order valence-corrected chi connectivity index (χ1v) is 8.92. The molecule has 0 radical (unpaired) electrons. The lowest BCUT2D eigenvalue weighted by Gasteiger charge is -2.38. The molecule has 0 aromatic carbocycles. The molecule has 24 heavy (non-hydrogen) atoms. The fourth-order valence-electron chi connectivity index (χ4n) is 3.77. The highest BCUT2D eigenvalue weighted by Crippen LogP contribution is 2.33. The Morgan fingerprint density at radius 3 is 2.62 bits per heavy atom. The van der Waals surface area contributed by atoms with Gasteiger partial charge >= 0.3 is 0 Å². The number of nitrogens with zero attached hydrogens (tertiary/aromatic N) is 4. The molecule has 3 heterocycles. The zero-order valence-corrected chi connectivity index (χ0v) is 14.1. The summed E-state index contributed by atoms with van der Waals surface area (Å²) in [6, 6.07) is -0.0100. The predicted molar refractivity (Wildman–Crippen MR) is 89.1 cm³/mol. The van der Waals surface area contributed by atoms with Gasteiger partial charge in [-0.2, -0.15) is 0 Å². The molecule has 1 aliphatic carbocycles. The van der Waals surface area contributed by atoms with Crippen LogP contribution < -0.4 is 0 Å². The number of aromatic nitrogens is 2. The predicted octanol–water partition coefficient (Wildman–Crippen LogP) is 1.53. The van der Waals surface area contributed by atoms with E-state index in [9.17, 15) is 9.59 Å². The molecule has 1 fully saturated rings. The van der Waals surface area contributed by atoms with Crippen LogP contribution in [0.2, 0.25) is 0 Å². The normalized spacial score (nSPS) is 23.3. The van der Waals surface area contributed by atoms with Crippen LogP contribution >= 0.6 is 0 Å². The van der Waals surface area contributed by atoms with Crippen molar-refractivity contribution in [3.8, 4) is 0 Å². The van der Waals surface area contributed by atoms with Crippen LogP contribution in [0.15, 0.2) is 18.3 Å². The molecule has 0 bridgehead atoms. The second-order valence-electron chi connectivity index (χ2n) is 7.07. The van der Waals surface area contributed by atoms with Gasteiger partial charge in [-0.3, -0.25) is 9.59 Å². The third-order valence-electron chi connectivity index (χ3n) is 5.52. The number of amides is 2. The lowest BCUT2D eigenvalue weighted by Crippen LogP contribution is -2.45. The van der Waals surface area contributed by atoms with Gasteiger partial charge in [-0.25, -0.2) is 4.98 Å². The minimum Gasteiger partial charge on any atom is -0.335 e. The van der Waals surface area contributed by atoms with E-state index in [0.29, 0.717) is 19.5 Å². The average Bonchev–Trinajstić information content (AvgIpc) is 3.14. The molecule has 6 heteroatoms. The van der Waals surface area contributed by atoms with Gasteiger partial charge in [0.1, 0.15) is 5.82 Å². The third kappa shape index (κ3) is 2.64. The lowest BCUT2D eigenvalue weighted by atomic mass is 9.84. The van der Waals surface area contributed by atoms with Gasteiger partial charge in [-0.05, 0) is 19.8 Å². The van der Waals surface area contributed by atoms with Crippen molar-refractivity contribution in [2.75, 3.05) is 19.6 Å². The highest BCUT2D eigenvalue weighted by molar-refractivity contribution is 5.80. The van der Waals surface area contributed by atoms with Crippen LogP contribution in [0.1, 0.15) is 43.7 Å². The number of rotatable bonds is 3. The van der Waals surface area contributed by atoms with Crippen LogP contribution in [-0.4, -0.2) is 50.8 Å². The van der Waals surface area contributed by atoms with Crippen LogP contribution in [0.4, 0.5) is 0 Å². The summed E-state index contributed by atoms with van der Waals surface area (Å²) >= 11 is 0. The van der Waals surface area contributed by atoms with Gasteiger partial charge in [0.05, 0.1) is 18.2 Å². The van der Waals surface area contributed by atoms with Crippen molar-refractivity contribution in [1.82, 2.24) is 19.4 Å². The first kappa shape index (κ1) is 15.4. The SMILES string of the molecule is C[C@@H]1c2nc(CC(=O)N3CC=CC3)cn2CCN1C(=O)C1CCC1. The molecular weight excluding hydrogens is 304 g/mol. The number of carbonyl (C=O) groups excluding carboxylic acids is 2. The summed E-state index contributed by atoms with van der Waals surface area (Å²) in [5.41, 5.74) is 0.812. The van der Waals surface area contributed by atoms with E-state index in [1.807, 2.05) is 35.1 Å². The number of fused-ring (bicyclic) bond motifs is 1. The van der Waals surface area contributed by atoms with E-state index in [1.165, 1.54) is 6.42 Å². The minimum absolute atomic E-state index is 0.0100. The molecule has 0 saturated heterocycles. The summed E-state index contributed by atoms with van der Waals surface area (Å²) in [5.74, 6) is 1.53. The maximum Gasteiger partial charge on any atom is 0.229 e. The maximum absolute atomic E-state index is 12.6. The van der Waals surface area contributed by atoms with Gasteiger partial charge in [0.15, 0.2) is 0 Å². The molecular formula is C18H24N4O2. The number of hydrogen-bond donors (Lipinski definition) is 0. The monoisotopic (exact) mass is 328 g/mol. The van der Waals surface area contributed by atoms with Gasteiger partial charge in [-0.15, -0.1) is 0 Å². The largest absolute Gasteiger partial charge is 0.335 e. The summed E-state index contributed by atoms with van der Waals surface area (Å²) in [6.45, 7) is 4.96. The van der Waals surface area contributed by atoms with E-state index in [-0.39, 0.29) is 23.8 Å². The molecule has 1 aromatic heterocycles. The van der Waals surface area contributed by atoms with Crippen molar-refractivity contribution in [3.63, 3.8) is 0 Å². The van der Waals surface area contributed by atoms with Crippen molar-refractivity contribution in [3.05, 3.63) is 29.9 Å². The Morgan fingerprint density at radius 1 is 1.21 bits per heavy atom. The molecule has 3 aliphatic rings. The number of hydrogen-bond acceptors (Lipinski definition) is 3. The summed E-state index contributed by atoms with van der Waals surface area (Å²) in [6.07, 6.45) is 9.58. The summed E-state index contributed by atoms with van der Waals surface area (Å²) in [5, 5.41) is 0. The summed E-state index contributed by atoms with van der Waals surface area (Å²) in [4.78, 5) is 33.4.